The van der Waals surface area contributed by atoms with Crippen LogP contribution in [-0.2, 0) is 0 Å². The highest BCUT2D eigenvalue weighted by molar-refractivity contribution is 7.13. The molecule has 0 fully saturated rings. The van der Waals surface area contributed by atoms with E-state index in [1.54, 1.807) is 0 Å². The van der Waals surface area contributed by atoms with Crippen LogP contribution in [0.15, 0.2) is 11.4 Å². The lowest BCUT2D eigenvalue weighted by atomic mass is 10.3. The number of amides is 1. The van der Waals surface area contributed by atoms with Gasteiger partial charge in [0.2, 0.25) is 0 Å². The molecule has 0 saturated carbocycles. The molecular weight excluding hydrogens is 242 g/mol. The van der Waals surface area contributed by atoms with Gasteiger partial charge in [0.15, 0.2) is 0 Å². The summed E-state index contributed by atoms with van der Waals surface area (Å²) in [5.41, 5.74) is 0.345. The zero-order valence-corrected chi connectivity index (χ0v) is 10.4. The predicted octanol–water partition coefficient (Wildman–Crippen LogP) is 1.39. The number of rotatable bonds is 7. The Balaban J connectivity index is 2.34. The SMILES string of the molecule is CCCNCCNC(=O)c1csc([N+](=O)[O-])c1. The first-order valence-electron chi connectivity index (χ1n) is 5.37. The minimum Gasteiger partial charge on any atom is -0.351 e. The Hall–Kier alpha value is -1.47. The summed E-state index contributed by atoms with van der Waals surface area (Å²) in [7, 11) is 0. The van der Waals surface area contributed by atoms with Crippen LogP contribution in [0.2, 0.25) is 0 Å². The summed E-state index contributed by atoms with van der Waals surface area (Å²) in [6.07, 6.45) is 1.05. The van der Waals surface area contributed by atoms with Crippen LogP contribution in [0, 0.1) is 10.1 Å². The minimum absolute atomic E-state index is 0.0146. The smallest absolute Gasteiger partial charge is 0.324 e. The molecule has 17 heavy (non-hydrogen) atoms. The first kappa shape index (κ1) is 13.6. The third-order valence-corrected chi connectivity index (χ3v) is 2.92. The third kappa shape index (κ3) is 4.49. The lowest BCUT2D eigenvalue weighted by Gasteiger charge is -2.04. The molecule has 0 spiro atoms. The predicted molar refractivity (Wildman–Crippen MR) is 66.5 cm³/mol. The van der Waals surface area contributed by atoms with Crippen LogP contribution in [0.25, 0.3) is 0 Å². The van der Waals surface area contributed by atoms with Gasteiger partial charge in [-0.1, -0.05) is 18.3 Å². The molecule has 0 atom stereocenters. The Labute approximate surface area is 103 Å². The van der Waals surface area contributed by atoms with Crippen molar-refractivity contribution in [3.8, 4) is 0 Å². The number of nitrogens with zero attached hydrogens (tertiary/aromatic N) is 1. The topological polar surface area (TPSA) is 84.3 Å². The van der Waals surface area contributed by atoms with Crippen LogP contribution in [0.1, 0.15) is 23.7 Å². The van der Waals surface area contributed by atoms with Gasteiger partial charge in [-0.05, 0) is 13.0 Å². The highest BCUT2D eigenvalue weighted by Crippen LogP contribution is 2.22. The van der Waals surface area contributed by atoms with E-state index in [0.29, 0.717) is 18.7 Å². The molecule has 1 heterocycles. The van der Waals surface area contributed by atoms with Crippen LogP contribution in [0.5, 0.6) is 0 Å². The molecule has 0 saturated heterocycles. The summed E-state index contributed by atoms with van der Waals surface area (Å²) in [5, 5.41) is 17.8. The maximum atomic E-state index is 11.6. The van der Waals surface area contributed by atoms with Gasteiger partial charge in [0, 0.05) is 24.5 Å². The molecule has 6 nitrogen and oxygen atoms in total. The number of carbonyl (C=O) groups is 1. The Bertz CT molecular complexity index is 392. The van der Waals surface area contributed by atoms with E-state index in [-0.39, 0.29) is 10.9 Å². The summed E-state index contributed by atoms with van der Waals surface area (Å²) < 4.78 is 0. The van der Waals surface area contributed by atoms with Crippen LogP contribution in [-0.4, -0.2) is 30.5 Å². The van der Waals surface area contributed by atoms with Gasteiger partial charge in [0.25, 0.3) is 5.91 Å². The number of nitrogens with one attached hydrogen (secondary N) is 2. The molecule has 0 unspecified atom stereocenters. The second-order valence-electron chi connectivity index (χ2n) is 3.44. The Morgan fingerprint density at radius 1 is 1.47 bits per heavy atom. The molecule has 0 aliphatic heterocycles. The van der Waals surface area contributed by atoms with Gasteiger partial charge in [-0.15, -0.1) is 0 Å². The quantitative estimate of drug-likeness (QED) is 0.439. The highest BCUT2D eigenvalue weighted by atomic mass is 32.1. The fourth-order valence-electron chi connectivity index (χ4n) is 1.21. The molecule has 1 aromatic heterocycles. The monoisotopic (exact) mass is 257 g/mol. The Morgan fingerprint density at radius 2 is 2.24 bits per heavy atom. The standard InChI is InChI=1S/C10H15N3O3S/c1-2-3-11-4-5-12-10(14)8-6-9(13(15)16)17-7-8/h6-7,11H,2-5H2,1H3,(H,12,14). The van der Waals surface area contributed by atoms with Gasteiger partial charge in [0.05, 0.1) is 10.5 Å². The van der Waals surface area contributed by atoms with Crippen molar-refractivity contribution in [2.24, 2.45) is 0 Å². The molecule has 0 bridgehead atoms. The number of hydrogen-bond acceptors (Lipinski definition) is 5. The van der Waals surface area contributed by atoms with E-state index in [9.17, 15) is 14.9 Å². The van der Waals surface area contributed by atoms with Gasteiger partial charge in [0.1, 0.15) is 0 Å². The Kier molecular flexibility index (Phi) is 5.58. The molecule has 1 amide bonds. The molecule has 0 radical (unpaired) electrons. The van der Waals surface area contributed by atoms with Gasteiger partial charge in [-0.2, -0.15) is 0 Å². The van der Waals surface area contributed by atoms with E-state index in [0.717, 1.165) is 24.3 Å². The molecule has 94 valence electrons. The number of hydrogen-bond donors (Lipinski definition) is 2. The van der Waals surface area contributed by atoms with E-state index < -0.39 is 4.92 Å². The van der Waals surface area contributed by atoms with Gasteiger partial charge in [-0.3, -0.25) is 14.9 Å². The maximum Gasteiger partial charge on any atom is 0.324 e. The van der Waals surface area contributed by atoms with Crippen molar-refractivity contribution >= 4 is 22.2 Å². The van der Waals surface area contributed by atoms with Crippen molar-refractivity contribution in [3.05, 3.63) is 27.1 Å². The van der Waals surface area contributed by atoms with Crippen LogP contribution in [0.4, 0.5) is 5.00 Å². The van der Waals surface area contributed by atoms with Crippen molar-refractivity contribution in [1.82, 2.24) is 10.6 Å². The normalized spacial score (nSPS) is 10.2. The summed E-state index contributed by atoms with van der Waals surface area (Å²) in [4.78, 5) is 21.5. The molecule has 2 N–H and O–H groups in total. The molecule has 7 heteroatoms. The second-order valence-corrected chi connectivity index (χ2v) is 4.33. The first-order valence-corrected chi connectivity index (χ1v) is 6.25. The molecule has 0 aliphatic rings. The van der Waals surface area contributed by atoms with E-state index in [2.05, 4.69) is 17.6 Å². The average molecular weight is 257 g/mol. The second kappa shape index (κ2) is 6.97. The molecular formula is C10H15N3O3S. The Morgan fingerprint density at radius 3 is 2.82 bits per heavy atom. The van der Waals surface area contributed by atoms with E-state index in [4.69, 9.17) is 0 Å². The zero-order valence-electron chi connectivity index (χ0n) is 9.56. The van der Waals surface area contributed by atoms with E-state index in [1.165, 1.54) is 11.4 Å². The minimum atomic E-state index is -0.496. The van der Waals surface area contributed by atoms with Gasteiger partial charge >= 0.3 is 5.00 Å². The largest absolute Gasteiger partial charge is 0.351 e. The molecule has 0 aromatic carbocycles. The van der Waals surface area contributed by atoms with Crippen molar-refractivity contribution < 1.29 is 9.72 Å². The lowest BCUT2D eigenvalue weighted by Crippen LogP contribution is -2.31. The highest BCUT2D eigenvalue weighted by Gasteiger charge is 2.14. The average Bonchev–Trinajstić information content (AvgIpc) is 2.78. The van der Waals surface area contributed by atoms with Gasteiger partial charge < -0.3 is 10.6 Å². The lowest BCUT2D eigenvalue weighted by molar-refractivity contribution is -0.380. The van der Waals surface area contributed by atoms with Crippen LogP contribution < -0.4 is 10.6 Å². The fourth-order valence-corrected chi connectivity index (χ4v) is 1.91. The molecule has 0 aliphatic carbocycles. The summed E-state index contributed by atoms with van der Waals surface area (Å²) in [6.45, 7) is 4.20. The first-order chi connectivity index (χ1) is 8.15. The summed E-state index contributed by atoms with van der Waals surface area (Å²) >= 11 is 0.958. The van der Waals surface area contributed by atoms with Gasteiger partial charge in [-0.25, -0.2) is 0 Å². The fraction of sp³-hybridized carbons (Fsp3) is 0.500. The molecule has 1 aromatic rings. The van der Waals surface area contributed by atoms with Crippen molar-refractivity contribution in [3.63, 3.8) is 0 Å². The van der Waals surface area contributed by atoms with Crippen LogP contribution >= 0.6 is 11.3 Å². The van der Waals surface area contributed by atoms with E-state index in [1.807, 2.05) is 0 Å². The zero-order chi connectivity index (χ0) is 12.7. The summed E-state index contributed by atoms with van der Waals surface area (Å²) in [6, 6.07) is 1.29. The molecule has 1 rings (SSSR count). The van der Waals surface area contributed by atoms with Crippen molar-refractivity contribution in [2.45, 2.75) is 13.3 Å². The number of thiophene rings is 1. The third-order valence-electron chi connectivity index (χ3n) is 2.04. The maximum absolute atomic E-state index is 11.6. The van der Waals surface area contributed by atoms with Crippen molar-refractivity contribution in [1.29, 1.82) is 0 Å². The van der Waals surface area contributed by atoms with E-state index >= 15 is 0 Å². The summed E-state index contributed by atoms with van der Waals surface area (Å²) in [5.74, 6) is -0.271. The number of carbonyl (C=O) groups excluding carboxylic acids is 1. The number of nitro groups is 1. The van der Waals surface area contributed by atoms with Crippen molar-refractivity contribution in [2.75, 3.05) is 19.6 Å². The van der Waals surface area contributed by atoms with Crippen LogP contribution in [0.3, 0.4) is 0 Å².